The Labute approximate surface area is 219 Å². The van der Waals surface area contributed by atoms with Gasteiger partial charge in [-0.15, -0.1) is 0 Å². The average Bonchev–Trinajstić information content (AvgIpc) is 3.18. The molecule has 1 aromatic heterocycles. The molecular formula is C26H30ClN5O3S. The number of halogens is 1. The van der Waals surface area contributed by atoms with Gasteiger partial charge in [-0.2, -0.15) is 4.37 Å². The number of nitrogen functional groups attached to an aromatic ring is 1. The van der Waals surface area contributed by atoms with Crippen molar-refractivity contribution in [1.29, 1.82) is 0 Å². The van der Waals surface area contributed by atoms with Crippen molar-refractivity contribution in [2.75, 3.05) is 10.6 Å². The van der Waals surface area contributed by atoms with Gasteiger partial charge in [0.05, 0.1) is 5.69 Å². The summed E-state index contributed by atoms with van der Waals surface area (Å²) in [7, 11) is 0. The van der Waals surface area contributed by atoms with Crippen molar-refractivity contribution in [3.8, 4) is 0 Å². The maximum atomic E-state index is 14.0. The van der Waals surface area contributed by atoms with Crippen molar-refractivity contribution in [3.63, 3.8) is 0 Å². The van der Waals surface area contributed by atoms with Gasteiger partial charge in [0.25, 0.3) is 11.8 Å². The zero-order valence-corrected chi connectivity index (χ0v) is 22.4. The number of nitrogens with zero attached hydrogens (tertiary/aromatic N) is 2. The minimum absolute atomic E-state index is 0.0132. The van der Waals surface area contributed by atoms with E-state index >= 15 is 0 Å². The van der Waals surface area contributed by atoms with Crippen LogP contribution in [0.5, 0.6) is 0 Å². The van der Waals surface area contributed by atoms with Gasteiger partial charge >= 0.3 is 0 Å². The lowest BCUT2D eigenvalue weighted by molar-refractivity contribution is -0.123. The van der Waals surface area contributed by atoms with Crippen LogP contribution < -0.4 is 21.7 Å². The Balaban J connectivity index is 2.23. The molecule has 3 aromatic rings. The summed E-state index contributed by atoms with van der Waals surface area (Å²) in [5.41, 5.74) is 12.7. The third kappa shape index (κ3) is 6.03. The number of rotatable bonds is 7. The molecule has 0 spiro atoms. The normalized spacial score (nSPS) is 12.3. The smallest absolute Gasteiger partial charge is 0.273 e. The summed E-state index contributed by atoms with van der Waals surface area (Å²) < 4.78 is 3.97. The van der Waals surface area contributed by atoms with Crippen molar-refractivity contribution in [2.24, 2.45) is 5.73 Å². The van der Waals surface area contributed by atoms with Gasteiger partial charge in [0.1, 0.15) is 10.9 Å². The highest BCUT2D eigenvalue weighted by molar-refractivity contribution is 7.09. The molecule has 0 bridgehead atoms. The monoisotopic (exact) mass is 527 g/mol. The van der Waals surface area contributed by atoms with Gasteiger partial charge in [-0.3, -0.25) is 19.3 Å². The largest absolute Gasteiger partial charge is 0.395 e. The highest BCUT2D eigenvalue weighted by atomic mass is 35.5. The minimum Gasteiger partial charge on any atom is -0.395 e. The van der Waals surface area contributed by atoms with Gasteiger partial charge in [-0.1, -0.05) is 49.7 Å². The number of aromatic nitrogens is 1. The third-order valence-corrected chi connectivity index (χ3v) is 6.51. The lowest BCUT2D eigenvalue weighted by Crippen LogP contribution is -2.49. The molecule has 0 unspecified atom stereocenters. The zero-order valence-electron chi connectivity index (χ0n) is 20.8. The van der Waals surface area contributed by atoms with Crippen LogP contribution in [0.1, 0.15) is 77.9 Å². The fourth-order valence-electron chi connectivity index (χ4n) is 3.64. The molecule has 2 aromatic carbocycles. The van der Waals surface area contributed by atoms with Crippen LogP contribution in [0.3, 0.4) is 0 Å². The molecule has 3 amide bonds. The van der Waals surface area contributed by atoms with E-state index in [1.54, 1.807) is 36.4 Å². The summed E-state index contributed by atoms with van der Waals surface area (Å²) >= 11 is 6.87. The summed E-state index contributed by atoms with van der Waals surface area (Å²) in [4.78, 5) is 40.9. The van der Waals surface area contributed by atoms with Gasteiger partial charge in [0.2, 0.25) is 5.91 Å². The standard InChI is InChI=1S/C26H30ClN5O3S/c1-14(2)15-8-12-18(13-9-15)32(25(35)22-19(28)20(23(29)33)31-36-22)21(24(34)30-26(3,4)5)16-6-10-17(27)11-7-16/h6-14,21H,28H2,1-5H3,(H2,29,33)(H,30,34)/t21-/m0/s1. The second-order valence-corrected chi connectivity index (χ2v) is 11.0. The Morgan fingerprint density at radius 3 is 2.03 bits per heavy atom. The first-order valence-electron chi connectivity index (χ1n) is 11.4. The summed E-state index contributed by atoms with van der Waals surface area (Å²) in [6.45, 7) is 9.69. The van der Waals surface area contributed by atoms with E-state index in [0.29, 0.717) is 16.3 Å². The topological polar surface area (TPSA) is 131 Å². The number of amides is 3. The van der Waals surface area contributed by atoms with Crippen LogP contribution in [0, 0.1) is 0 Å². The summed E-state index contributed by atoms with van der Waals surface area (Å²) in [6, 6.07) is 13.0. The van der Waals surface area contributed by atoms with E-state index in [1.807, 2.05) is 32.9 Å². The maximum Gasteiger partial charge on any atom is 0.273 e. The fraction of sp³-hybridized carbons (Fsp3) is 0.308. The number of carbonyl (C=O) groups is 3. The van der Waals surface area contributed by atoms with E-state index in [-0.39, 0.29) is 22.2 Å². The molecule has 0 aliphatic heterocycles. The number of hydrogen-bond acceptors (Lipinski definition) is 6. The van der Waals surface area contributed by atoms with E-state index in [4.69, 9.17) is 23.1 Å². The maximum absolute atomic E-state index is 14.0. The molecule has 1 atom stereocenters. The molecule has 0 radical (unpaired) electrons. The van der Waals surface area contributed by atoms with Crippen molar-refractivity contribution < 1.29 is 14.4 Å². The molecule has 0 saturated heterocycles. The van der Waals surface area contributed by atoms with E-state index in [1.165, 1.54) is 4.90 Å². The Morgan fingerprint density at radius 2 is 1.56 bits per heavy atom. The van der Waals surface area contributed by atoms with Crippen molar-refractivity contribution in [2.45, 2.75) is 52.1 Å². The molecule has 0 saturated carbocycles. The fourth-order valence-corrected chi connectivity index (χ4v) is 4.51. The highest BCUT2D eigenvalue weighted by Gasteiger charge is 2.37. The van der Waals surface area contributed by atoms with Crippen LogP contribution in [0.25, 0.3) is 0 Å². The van der Waals surface area contributed by atoms with Gasteiger partial charge in [-0.25, -0.2) is 0 Å². The molecule has 10 heteroatoms. The van der Waals surface area contributed by atoms with Gasteiger partial charge in [-0.05, 0) is 73.6 Å². The molecule has 0 fully saturated rings. The van der Waals surface area contributed by atoms with Crippen LogP contribution in [0.15, 0.2) is 48.5 Å². The van der Waals surface area contributed by atoms with Gasteiger partial charge < -0.3 is 16.8 Å². The predicted octanol–water partition coefficient (Wildman–Crippen LogP) is 4.90. The molecule has 190 valence electrons. The number of anilines is 2. The predicted molar refractivity (Wildman–Crippen MR) is 144 cm³/mol. The summed E-state index contributed by atoms with van der Waals surface area (Å²) in [5.74, 6) is -1.55. The Hall–Kier alpha value is -3.43. The van der Waals surface area contributed by atoms with Crippen molar-refractivity contribution >= 4 is 52.2 Å². The van der Waals surface area contributed by atoms with Crippen molar-refractivity contribution in [1.82, 2.24) is 9.69 Å². The second kappa shape index (κ2) is 10.7. The number of primary amides is 1. The molecule has 8 nitrogen and oxygen atoms in total. The molecule has 0 aliphatic carbocycles. The molecule has 3 rings (SSSR count). The quantitative estimate of drug-likeness (QED) is 0.402. The molecule has 5 N–H and O–H groups in total. The van der Waals surface area contributed by atoms with Gasteiger partial charge in [0.15, 0.2) is 5.69 Å². The minimum atomic E-state index is -1.07. The first kappa shape index (κ1) is 27.2. The average molecular weight is 528 g/mol. The Bertz CT molecular complexity index is 1260. The van der Waals surface area contributed by atoms with Gasteiger partial charge in [0, 0.05) is 16.2 Å². The number of carbonyl (C=O) groups excluding carboxylic acids is 3. The number of benzene rings is 2. The molecule has 0 aliphatic rings. The lowest BCUT2D eigenvalue weighted by Gasteiger charge is -2.33. The molecule has 1 heterocycles. The van der Waals surface area contributed by atoms with Crippen LogP contribution in [0.2, 0.25) is 5.02 Å². The van der Waals surface area contributed by atoms with Crippen LogP contribution in [0.4, 0.5) is 11.4 Å². The van der Waals surface area contributed by atoms with Crippen LogP contribution in [-0.4, -0.2) is 27.6 Å². The highest BCUT2D eigenvalue weighted by Crippen LogP contribution is 2.34. The van der Waals surface area contributed by atoms with E-state index in [2.05, 4.69) is 23.5 Å². The summed E-state index contributed by atoms with van der Waals surface area (Å²) in [6.07, 6.45) is 0. The van der Waals surface area contributed by atoms with E-state index < -0.39 is 29.3 Å². The molecular weight excluding hydrogens is 498 g/mol. The zero-order chi connectivity index (χ0) is 26.8. The first-order valence-corrected chi connectivity index (χ1v) is 12.5. The Morgan fingerprint density at radius 1 is 1.00 bits per heavy atom. The number of nitrogens with two attached hydrogens (primary N) is 2. The lowest BCUT2D eigenvalue weighted by atomic mass is 9.99. The van der Waals surface area contributed by atoms with E-state index in [0.717, 1.165) is 17.1 Å². The number of nitrogens with one attached hydrogen (secondary N) is 1. The van der Waals surface area contributed by atoms with Crippen molar-refractivity contribution in [3.05, 3.63) is 75.3 Å². The van der Waals surface area contributed by atoms with Crippen LogP contribution >= 0.6 is 23.1 Å². The van der Waals surface area contributed by atoms with Crippen LogP contribution in [-0.2, 0) is 4.79 Å². The number of hydrogen-bond donors (Lipinski definition) is 3. The first-order chi connectivity index (χ1) is 16.8. The second-order valence-electron chi connectivity index (χ2n) is 9.75. The molecule has 36 heavy (non-hydrogen) atoms. The van der Waals surface area contributed by atoms with E-state index in [9.17, 15) is 14.4 Å². The summed E-state index contributed by atoms with van der Waals surface area (Å²) in [5, 5.41) is 3.46. The third-order valence-electron chi connectivity index (χ3n) is 5.40. The SMILES string of the molecule is CC(C)c1ccc(N(C(=O)c2snc(C(N)=O)c2N)[C@H](C(=O)NC(C)(C)C)c2ccc(Cl)cc2)cc1. The Kier molecular flexibility index (Phi) is 8.05.